The molecule has 1 amide bonds. The number of hydrogen-bond acceptors (Lipinski definition) is 7. The standard InChI is InChI=1S/C23H26N2O6S/c1-4-31-17-8-6-16(7-9-17)24-23-25(21(26)14-20(32-23)22(27)28)12-11-15-5-10-18(29-2)19(13-15)30-3/h5-10,13,20H,4,11-12,14H2,1-3H3,(H,27,28)/t20-/m1/s1. The zero-order chi connectivity index (χ0) is 23.1. The lowest BCUT2D eigenvalue weighted by molar-refractivity contribution is -0.139. The highest BCUT2D eigenvalue weighted by atomic mass is 32.2. The number of carboxylic acids is 1. The molecule has 1 saturated heterocycles. The summed E-state index contributed by atoms with van der Waals surface area (Å²) in [7, 11) is 3.14. The van der Waals surface area contributed by atoms with Gasteiger partial charge in [0.2, 0.25) is 5.91 Å². The van der Waals surface area contributed by atoms with Crippen molar-refractivity contribution in [1.82, 2.24) is 4.90 Å². The summed E-state index contributed by atoms with van der Waals surface area (Å²) in [4.78, 5) is 30.5. The van der Waals surface area contributed by atoms with Crippen molar-refractivity contribution in [2.45, 2.75) is 25.0 Å². The van der Waals surface area contributed by atoms with E-state index in [0.717, 1.165) is 23.1 Å². The lowest BCUT2D eigenvalue weighted by atomic mass is 10.1. The van der Waals surface area contributed by atoms with E-state index in [1.807, 2.05) is 25.1 Å². The first kappa shape index (κ1) is 23.5. The molecule has 0 spiro atoms. The number of carboxylic acid groups (broad SMARTS) is 1. The Balaban J connectivity index is 1.82. The summed E-state index contributed by atoms with van der Waals surface area (Å²) in [5, 5.41) is 8.96. The number of nitrogens with zero attached hydrogens (tertiary/aromatic N) is 2. The number of aliphatic imine (C=N–C) groups is 1. The number of ether oxygens (including phenoxy) is 3. The Labute approximate surface area is 191 Å². The monoisotopic (exact) mass is 458 g/mol. The molecule has 1 heterocycles. The van der Waals surface area contributed by atoms with Gasteiger partial charge in [-0.1, -0.05) is 17.8 Å². The molecule has 0 aliphatic carbocycles. The van der Waals surface area contributed by atoms with Gasteiger partial charge in [-0.05, 0) is 55.3 Å². The predicted octanol–water partition coefficient (Wildman–Crippen LogP) is 3.75. The van der Waals surface area contributed by atoms with Crippen LogP contribution < -0.4 is 14.2 Å². The van der Waals surface area contributed by atoms with E-state index in [9.17, 15) is 14.7 Å². The fourth-order valence-corrected chi connectivity index (χ4v) is 4.28. The first-order valence-corrected chi connectivity index (χ1v) is 11.1. The Morgan fingerprint density at radius 2 is 1.88 bits per heavy atom. The highest BCUT2D eigenvalue weighted by Gasteiger charge is 2.35. The van der Waals surface area contributed by atoms with Crippen LogP contribution in [0.25, 0.3) is 0 Å². The topological polar surface area (TPSA) is 97.7 Å². The van der Waals surface area contributed by atoms with Crippen LogP contribution in [-0.2, 0) is 16.0 Å². The quantitative estimate of drug-likeness (QED) is 0.611. The van der Waals surface area contributed by atoms with Gasteiger partial charge in [-0.2, -0.15) is 0 Å². The van der Waals surface area contributed by atoms with Gasteiger partial charge < -0.3 is 19.3 Å². The molecule has 1 N–H and O–H groups in total. The van der Waals surface area contributed by atoms with Gasteiger partial charge in [0.1, 0.15) is 11.0 Å². The van der Waals surface area contributed by atoms with E-state index in [1.54, 1.807) is 43.4 Å². The number of hydrogen-bond donors (Lipinski definition) is 1. The van der Waals surface area contributed by atoms with E-state index in [2.05, 4.69) is 4.99 Å². The summed E-state index contributed by atoms with van der Waals surface area (Å²) in [6.07, 6.45) is 0.473. The van der Waals surface area contributed by atoms with E-state index < -0.39 is 11.2 Å². The van der Waals surface area contributed by atoms with Crippen LogP contribution in [0, 0.1) is 0 Å². The number of methoxy groups -OCH3 is 2. The lowest BCUT2D eigenvalue weighted by Crippen LogP contribution is -2.44. The Kier molecular flexibility index (Phi) is 7.99. The van der Waals surface area contributed by atoms with Crippen molar-refractivity contribution in [3.63, 3.8) is 0 Å². The molecule has 1 fully saturated rings. The Morgan fingerprint density at radius 3 is 2.50 bits per heavy atom. The van der Waals surface area contributed by atoms with Crippen LogP contribution in [0.5, 0.6) is 17.2 Å². The average Bonchev–Trinajstić information content (AvgIpc) is 2.79. The average molecular weight is 459 g/mol. The summed E-state index contributed by atoms with van der Waals surface area (Å²) in [5.41, 5.74) is 1.58. The Bertz CT molecular complexity index is 992. The molecule has 2 aromatic rings. The molecule has 8 nitrogen and oxygen atoms in total. The number of aliphatic carboxylic acids is 1. The van der Waals surface area contributed by atoms with Gasteiger partial charge in [-0.25, -0.2) is 4.99 Å². The molecule has 0 radical (unpaired) electrons. The van der Waals surface area contributed by atoms with Crippen molar-refractivity contribution in [2.75, 3.05) is 27.4 Å². The van der Waals surface area contributed by atoms with E-state index >= 15 is 0 Å². The molecule has 0 unspecified atom stereocenters. The first-order chi connectivity index (χ1) is 15.4. The van der Waals surface area contributed by atoms with Crippen LogP contribution in [0.1, 0.15) is 18.9 Å². The van der Waals surface area contributed by atoms with E-state index in [-0.39, 0.29) is 12.3 Å². The Hall–Kier alpha value is -3.20. The van der Waals surface area contributed by atoms with Crippen LogP contribution in [0.3, 0.4) is 0 Å². The normalized spacial score (nSPS) is 17.3. The van der Waals surface area contributed by atoms with Crippen molar-refractivity contribution in [2.24, 2.45) is 4.99 Å². The predicted molar refractivity (Wildman–Crippen MR) is 123 cm³/mol. The molecule has 170 valence electrons. The second kappa shape index (κ2) is 10.9. The van der Waals surface area contributed by atoms with Crippen molar-refractivity contribution in [3.05, 3.63) is 48.0 Å². The Morgan fingerprint density at radius 1 is 1.16 bits per heavy atom. The largest absolute Gasteiger partial charge is 0.494 e. The number of thioether (sulfide) groups is 1. The fourth-order valence-electron chi connectivity index (χ4n) is 3.22. The van der Waals surface area contributed by atoms with Gasteiger partial charge in [0.05, 0.1) is 32.9 Å². The van der Waals surface area contributed by atoms with Crippen LogP contribution in [0.4, 0.5) is 5.69 Å². The summed E-state index contributed by atoms with van der Waals surface area (Å²) >= 11 is 1.09. The van der Waals surface area contributed by atoms with Gasteiger partial charge in [0.25, 0.3) is 0 Å². The van der Waals surface area contributed by atoms with Gasteiger partial charge in [-0.3, -0.25) is 14.5 Å². The third-order valence-corrected chi connectivity index (χ3v) is 6.03. The number of rotatable bonds is 9. The first-order valence-electron chi connectivity index (χ1n) is 10.2. The fraction of sp³-hybridized carbons (Fsp3) is 0.348. The maximum absolute atomic E-state index is 12.8. The van der Waals surface area contributed by atoms with E-state index in [0.29, 0.717) is 41.9 Å². The highest BCUT2D eigenvalue weighted by molar-refractivity contribution is 8.15. The number of amidine groups is 1. The number of benzene rings is 2. The van der Waals surface area contributed by atoms with Gasteiger partial charge in [0.15, 0.2) is 16.7 Å². The highest BCUT2D eigenvalue weighted by Crippen LogP contribution is 2.31. The van der Waals surface area contributed by atoms with Crippen LogP contribution in [-0.4, -0.2) is 59.7 Å². The number of amides is 1. The molecule has 3 rings (SSSR count). The summed E-state index contributed by atoms with van der Waals surface area (Å²) < 4.78 is 16.1. The third-order valence-electron chi connectivity index (χ3n) is 4.86. The molecule has 0 aromatic heterocycles. The maximum Gasteiger partial charge on any atom is 0.317 e. The summed E-state index contributed by atoms with van der Waals surface area (Å²) in [6, 6.07) is 12.7. The minimum atomic E-state index is -1.03. The van der Waals surface area contributed by atoms with E-state index in [1.165, 1.54) is 0 Å². The molecule has 1 aliphatic heterocycles. The summed E-state index contributed by atoms with van der Waals surface area (Å²) in [6.45, 7) is 2.83. The number of carbonyl (C=O) groups excluding carboxylic acids is 1. The van der Waals surface area contributed by atoms with Crippen molar-refractivity contribution in [1.29, 1.82) is 0 Å². The van der Waals surface area contributed by atoms with Gasteiger partial charge in [-0.15, -0.1) is 0 Å². The molecule has 9 heteroatoms. The molecular formula is C23H26N2O6S. The third kappa shape index (κ3) is 5.73. The summed E-state index contributed by atoms with van der Waals surface area (Å²) in [5.74, 6) is 0.669. The van der Waals surface area contributed by atoms with Gasteiger partial charge in [0, 0.05) is 6.54 Å². The zero-order valence-electron chi connectivity index (χ0n) is 18.2. The van der Waals surface area contributed by atoms with Crippen LogP contribution in [0.2, 0.25) is 0 Å². The molecule has 2 aromatic carbocycles. The van der Waals surface area contributed by atoms with Crippen LogP contribution in [0.15, 0.2) is 47.5 Å². The van der Waals surface area contributed by atoms with Crippen molar-refractivity contribution in [3.8, 4) is 17.2 Å². The van der Waals surface area contributed by atoms with Gasteiger partial charge >= 0.3 is 5.97 Å². The number of carbonyl (C=O) groups is 2. The molecule has 1 atom stereocenters. The maximum atomic E-state index is 12.8. The van der Waals surface area contributed by atoms with Crippen molar-refractivity contribution < 1.29 is 28.9 Å². The van der Waals surface area contributed by atoms with Crippen molar-refractivity contribution >= 4 is 34.5 Å². The smallest absolute Gasteiger partial charge is 0.317 e. The minimum absolute atomic E-state index is 0.0752. The molecule has 0 bridgehead atoms. The zero-order valence-corrected chi connectivity index (χ0v) is 19.1. The molecular weight excluding hydrogens is 432 g/mol. The molecule has 32 heavy (non-hydrogen) atoms. The van der Waals surface area contributed by atoms with E-state index in [4.69, 9.17) is 14.2 Å². The second-order valence-corrected chi connectivity index (χ2v) is 8.12. The minimum Gasteiger partial charge on any atom is -0.494 e. The lowest BCUT2D eigenvalue weighted by Gasteiger charge is -2.30. The molecule has 0 saturated carbocycles. The molecule has 1 aliphatic rings. The van der Waals surface area contributed by atoms with Crippen LogP contribution >= 0.6 is 11.8 Å². The SMILES string of the molecule is CCOc1ccc(N=C2S[C@@H](C(=O)O)CC(=O)N2CCc2ccc(OC)c(OC)c2)cc1. The second-order valence-electron chi connectivity index (χ2n) is 6.95.